The number of hydrogen-bond acceptors (Lipinski definition) is 3. The first-order valence-corrected chi connectivity index (χ1v) is 9.29. The number of aliphatic hydroxyl groups excluding tert-OH is 1. The second kappa shape index (κ2) is 15.7. The summed E-state index contributed by atoms with van der Waals surface area (Å²) in [6.07, 6.45) is 9.96. The molecular formula is C18H33F3O3. The summed E-state index contributed by atoms with van der Waals surface area (Å²) in [5.74, 6) is -0.758. The number of hydrogen-bond donors (Lipinski definition) is 1. The van der Waals surface area contributed by atoms with Crippen LogP contribution >= 0.6 is 0 Å². The lowest BCUT2D eigenvalue weighted by Crippen LogP contribution is -2.20. The number of ether oxygens (including phenoxy) is 1. The summed E-state index contributed by atoms with van der Waals surface area (Å²) in [6, 6.07) is 0. The van der Waals surface area contributed by atoms with Crippen LogP contribution in [0.3, 0.4) is 0 Å². The van der Waals surface area contributed by atoms with Gasteiger partial charge >= 0.3 is 12.1 Å². The molecule has 0 saturated carbocycles. The number of halogens is 3. The predicted molar refractivity (Wildman–Crippen MR) is 88.7 cm³/mol. The van der Waals surface area contributed by atoms with Gasteiger partial charge < -0.3 is 9.84 Å². The van der Waals surface area contributed by atoms with E-state index >= 15 is 0 Å². The van der Waals surface area contributed by atoms with Crippen molar-refractivity contribution in [2.75, 3.05) is 13.2 Å². The topological polar surface area (TPSA) is 46.5 Å². The Morgan fingerprint density at radius 1 is 0.708 bits per heavy atom. The lowest BCUT2D eigenvalue weighted by molar-refractivity contribution is -0.186. The van der Waals surface area contributed by atoms with Crippen LogP contribution in [0.1, 0.15) is 89.9 Å². The van der Waals surface area contributed by atoms with Crippen molar-refractivity contribution >= 4 is 5.97 Å². The lowest BCUT2D eigenvalue weighted by Gasteiger charge is -2.07. The fourth-order valence-electron chi connectivity index (χ4n) is 2.56. The highest BCUT2D eigenvalue weighted by molar-refractivity contribution is 5.69. The number of unbranched alkanes of at least 4 members (excludes halogenated alkanes) is 12. The molecule has 0 bridgehead atoms. The maximum absolute atomic E-state index is 11.8. The molecule has 0 heterocycles. The van der Waals surface area contributed by atoms with E-state index in [9.17, 15) is 18.0 Å². The van der Waals surface area contributed by atoms with Crippen LogP contribution in [0.2, 0.25) is 0 Å². The fraction of sp³-hybridized carbons (Fsp3) is 0.944. The largest absolute Gasteiger partial charge is 0.456 e. The summed E-state index contributed by atoms with van der Waals surface area (Å²) in [5.41, 5.74) is 0. The molecule has 0 unspecified atom stereocenters. The summed E-state index contributed by atoms with van der Waals surface area (Å²) in [6.45, 7) is -1.18. The first-order chi connectivity index (χ1) is 11.5. The van der Waals surface area contributed by atoms with Gasteiger partial charge in [0.1, 0.15) is 0 Å². The van der Waals surface area contributed by atoms with Gasteiger partial charge in [0, 0.05) is 13.0 Å². The van der Waals surface area contributed by atoms with Crippen molar-refractivity contribution in [1.82, 2.24) is 0 Å². The first-order valence-electron chi connectivity index (χ1n) is 9.29. The highest BCUT2D eigenvalue weighted by Crippen LogP contribution is 2.16. The van der Waals surface area contributed by atoms with Crippen molar-refractivity contribution in [1.29, 1.82) is 0 Å². The van der Waals surface area contributed by atoms with Crippen molar-refractivity contribution in [3.8, 4) is 0 Å². The van der Waals surface area contributed by atoms with E-state index < -0.39 is 18.8 Å². The van der Waals surface area contributed by atoms with Crippen LogP contribution < -0.4 is 0 Å². The Morgan fingerprint density at radius 2 is 1.08 bits per heavy atom. The summed E-state index contributed by atoms with van der Waals surface area (Å²) in [5, 5.41) is 8.66. The van der Waals surface area contributed by atoms with E-state index in [1.54, 1.807) is 0 Å². The normalized spacial score (nSPS) is 11.7. The van der Waals surface area contributed by atoms with Crippen LogP contribution in [0.15, 0.2) is 0 Å². The Bertz CT molecular complexity index is 294. The predicted octanol–water partition coefficient (Wildman–Crippen LogP) is 5.55. The van der Waals surface area contributed by atoms with Crippen LogP contribution in [-0.2, 0) is 9.53 Å². The summed E-state index contributed by atoms with van der Waals surface area (Å²) in [7, 11) is 0. The maximum atomic E-state index is 11.8. The van der Waals surface area contributed by atoms with Gasteiger partial charge in [-0.3, -0.25) is 4.79 Å². The van der Waals surface area contributed by atoms with Gasteiger partial charge in [-0.15, -0.1) is 0 Å². The van der Waals surface area contributed by atoms with Gasteiger partial charge in [-0.1, -0.05) is 70.6 Å². The quantitative estimate of drug-likeness (QED) is 0.292. The van der Waals surface area contributed by atoms with E-state index in [-0.39, 0.29) is 6.42 Å². The monoisotopic (exact) mass is 354 g/mol. The molecule has 3 nitrogen and oxygen atoms in total. The highest BCUT2D eigenvalue weighted by Gasteiger charge is 2.29. The van der Waals surface area contributed by atoms with E-state index in [2.05, 4.69) is 4.74 Å². The average molecular weight is 354 g/mol. The molecule has 24 heavy (non-hydrogen) atoms. The van der Waals surface area contributed by atoms with Gasteiger partial charge in [-0.05, 0) is 12.8 Å². The molecule has 0 amide bonds. The van der Waals surface area contributed by atoms with Crippen LogP contribution in [0.5, 0.6) is 0 Å². The van der Waals surface area contributed by atoms with Crippen LogP contribution in [-0.4, -0.2) is 30.5 Å². The minimum atomic E-state index is -4.44. The molecule has 0 atom stereocenters. The van der Waals surface area contributed by atoms with E-state index in [4.69, 9.17) is 5.11 Å². The van der Waals surface area contributed by atoms with Crippen molar-refractivity contribution < 1.29 is 27.8 Å². The summed E-state index contributed by atoms with van der Waals surface area (Å²) >= 11 is 0. The molecule has 6 heteroatoms. The molecule has 1 N–H and O–H groups in total. The van der Waals surface area contributed by atoms with E-state index in [0.717, 1.165) is 32.1 Å². The summed E-state index contributed by atoms with van der Waals surface area (Å²) in [4.78, 5) is 11.1. The number of esters is 1. The number of rotatable bonds is 16. The van der Waals surface area contributed by atoms with Gasteiger partial charge in [0.25, 0.3) is 0 Å². The third-order valence-corrected chi connectivity index (χ3v) is 3.94. The number of alkyl halides is 3. The Balaban J connectivity index is 3.16. The number of aliphatic hydroxyl groups is 1. The average Bonchev–Trinajstić information content (AvgIpc) is 2.52. The Morgan fingerprint density at radius 3 is 1.46 bits per heavy atom. The molecule has 0 fully saturated rings. The third-order valence-electron chi connectivity index (χ3n) is 3.94. The molecule has 0 aromatic carbocycles. The number of carbonyl (C=O) groups excluding carboxylic acids is 1. The molecule has 0 aliphatic carbocycles. The molecule has 0 spiro atoms. The Hall–Kier alpha value is -0.780. The second-order valence-corrected chi connectivity index (χ2v) is 6.35. The standard InChI is InChI=1S/C18H33F3O3/c19-18(20,21)16-24-17(23)14-12-10-8-6-4-2-1-3-5-7-9-11-13-15-22/h22H,1-16H2. The molecule has 144 valence electrons. The third kappa shape index (κ3) is 19.3. The summed E-state index contributed by atoms with van der Waals surface area (Å²) < 4.78 is 39.7. The molecule has 0 aromatic rings. The molecule has 0 aromatic heterocycles. The smallest absolute Gasteiger partial charge is 0.422 e. The van der Waals surface area contributed by atoms with Gasteiger partial charge in [-0.2, -0.15) is 13.2 Å². The van der Waals surface area contributed by atoms with E-state index in [1.807, 2.05) is 0 Å². The highest BCUT2D eigenvalue weighted by atomic mass is 19.4. The molecule has 0 saturated heterocycles. The van der Waals surface area contributed by atoms with Crippen molar-refractivity contribution in [3.63, 3.8) is 0 Å². The lowest BCUT2D eigenvalue weighted by atomic mass is 10.0. The zero-order valence-electron chi connectivity index (χ0n) is 14.7. The minimum absolute atomic E-state index is 0.0758. The maximum Gasteiger partial charge on any atom is 0.422 e. The van der Waals surface area contributed by atoms with E-state index in [0.29, 0.717) is 13.0 Å². The molecule has 0 aliphatic rings. The Labute approximate surface area is 144 Å². The zero-order valence-corrected chi connectivity index (χ0v) is 14.7. The SMILES string of the molecule is O=C(CCCCCCCCCCCCCCCO)OCC(F)(F)F. The van der Waals surface area contributed by atoms with Gasteiger partial charge in [0.05, 0.1) is 0 Å². The molecular weight excluding hydrogens is 321 g/mol. The molecule has 0 aliphatic heterocycles. The number of carbonyl (C=O) groups is 1. The minimum Gasteiger partial charge on any atom is -0.456 e. The molecule has 0 radical (unpaired) electrons. The van der Waals surface area contributed by atoms with Crippen LogP contribution in [0.25, 0.3) is 0 Å². The van der Waals surface area contributed by atoms with Gasteiger partial charge in [0.2, 0.25) is 0 Å². The van der Waals surface area contributed by atoms with Crippen molar-refractivity contribution in [2.45, 2.75) is 96.1 Å². The van der Waals surface area contributed by atoms with Crippen LogP contribution in [0, 0.1) is 0 Å². The van der Waals surface area contributed by atoms with Crippen molar-refractivity contribution in [3.05, 3.63) is 0 Å². The fourth-order valence-corrected chi connectivity index (χ4v) is 2.56. The van der Waals surface area contributed by atoms with Gasteiger partial charge in [0.15, 0.2) is 6.61 Å². The first kappa shape index (κ1) is 23.2. The molecule has 0 rings (SSSR count). The van der Waals surface area contributed by atoms with Crippen LogP contribution in [0.4, 0.5) is 13.2 Å². The zero-order chi connectivity index (χ0) is 18.1. The van der Waals surface area contributed by atoms with Gasteiger partial charge in [-0.25, -0.2) is 0 Å². The second-order valence-electron chi connectivity index (χ2n) is 6.35. The Kier molecular flexibility index (Phi) is 15.2. The van der Waals surface area contributed by atoms with Crippen molar-refractivity contribution in [2.24, 2.45) is 0 Å². The van der Waals surface area contributed by atoms with E-state index in [1.165, 1.54) is 44.9 Å².